The van der Waals surface area contributed by atoms with E-state index >= 15 is 0 Å². The quantitative estimate of drug-likeness (QED) is 0.269. The molecule has 1 aromatic rings. The highest BCUT2D eigenvalue weighted by atomic mass is 127. The first kappa shape index (κ1) is 22.2. The Hall–Kier alpha value is -2.08. The molecule has 1 aliphatic heterocycles. The van der Waals surface area contributed by atoms with Gasteiger partial charge in [0.2, 0.25) is 6.29 Å². The second-order valence-electron chi connectivity index (χ2n) is 5.94. The summed E-state index contributed by atoms with van der Waals surface area (Å²) < 4.78 is 27.7. The fourth-order valence-electron chi connectivity index (χ4n) is 2.78. The molecule has 9 nitrogen and oxygen atoms in total. The van der Waals surface area contributed by atoms with Gasteiger partial charge in [-0.2, -0.15) is 0 Å². The maximum atomic E-state index is 11.9. The van der Waals surface area contributed by atoms with Gasteiger partial charge in [0.25, 0.3) is 0 Å². The van der Waals surface area contributed by atoms with Crippen LogP contribution >= 0.6 is 22.6 Å². The first-order chi connectivity index (χ1) is 13.3. The van der Waals surface area contributed by atoms with Crippen molar-refractivity contribution in [3.05, 3.63) is 30.3 Å². The molecule has 0 aliphatic carbocycles. The number of benzene rings is 1. The molecule has 2 rings (SSSR count). The standard InChI is InChI=1S/C18H22INO8/c1-10(21)25-15-13(9-19)28-17(27-12-7-5-4-6-8-12)14(20-18(23)24-3)16(15)26-11(2)22/h4-8,13-17H,9H2,1-3H3,(H,20,23)/t13-,14-,15-,16-,17+/m1/s1. The number of amides is 1. The average molecular weight is 507 g/mol. The lowest BCUT2D eigenvalue weighted by molar-refractivity contribution is -0.243. The summed E-state index contributed by atoms with van der Waals surface area (Å²) in [5.74, 6) is -0.685. The number of rotatable bonds is 6. The van der Waals surface area contributed by atoms with Crippen molar-refractivity contribution in [2.24, 2.45) is 0 Å². The van der Waals surface area contributed by atoms with E-state index in [2.05, 4.69) is 32.6 Å². The molecule has 0 spiro atoms. The molecule has 10 heteroatoms. The van der Waals surface area contributed by atoms with Gasteiger partial charge in [-0.1, -0.05) is 40.8 Å². The van der Waals surface area contributed by atoms with E-state index in [1.165, 1.54) is 21.0 Å². The summed E-state index contributed by atoms with van der Waals surface area (Å²) in [6.07, 6.45) is -4.39. The van der Waals surface area contributed by atoms with E-state index < -0.39 is 48.7 Å². The highest BCUT2D eigenvalue weighted by molar-refractivity contribution is 14.1. The molecule has 0 aromatic heterocycles. The fourth-order valence-corrected chi connectivity index (χ4v) is 3.48. The topological polar surface area (TPSA) is 109 Å². The number of hydrogen-bond acceptors (Lipinski definition) is 8. The molecule has 0 unspecified atom stereocenters. The zero-order valence-corrected chi connectivity index (χ0v) is 17.8. The van der Waals surface area contributed by atoms with Crippen LogP contribution in [0.5, 0.6) is 5.75 Å². The van der Waals surface area contributed by atoms with Crippen molar-refractivity contribution in [3.8, 4) is 5.75 Å². The van der Waals surface area contributed by atoms with Crippen LogP contribution in [0.3, 0.4) is 0 Å². The van der Waals surface area contributed by atoms with E-state index in [1.54, 1.807) is 24.3 Å². The van der Waals surface area contributed by atoms with E-state index in [0.717, 1.165) is 0 Å². The Balaban J connectivity index is 2.39. The largest absolute Gasteiger partial charge is 0.463 e. The normalized spacial score (nSPS) is 26.6. The van der Waals surface area contributed by atoms with Crippen molar-refractivity contribution < 1.29 is 38.1 Å². The van der Waals surface area contributed by atoms with Crippen LogP contribution in [0.1, 0.15) is 13.8 Å². The summed E-state index contributed by atoms with van der Waals surface area (Å²) >= 11 is 2.07. The minimum Gasteiger partial charge on any atom is -0.463 e. The Morgan fingerprint density at radius 3 is 2.21 bits per heavy atom. The minimum atomic E-state index is -1.04. The first-order valence-electron chi connectivity index (χ1n) is 8.47. The van der Waals surface area contributed by atoms with Crippen molar-refractivity contribution in [2.75, 3.05) is 11.5 Å². The zero-order chi connectivity index (χ0) is 20.7. The van der Waals surface area contributed by atoms with Crippen molar-refractivity contribution in [2.45, 2.75) is 44.5 Å². The number of alkyl carbamates (subject to hydrolysis) is 1. The van der Waals surface area contributed by atoms with Crippen LogP contribution in [0.15, 0.2) is 30.3 Å². The molecule has 5 atom stereocenters. The third-order valence-electron chi connectivity index (χ3n) is 3.87. The monoisotopic (exact) mass is 507 g/mol. The van der Waals surface area contributed by atoms with Crippen LogP contribution in [0.4, 0.5) is 4.79 Å². The Kier molecular flexibility index (Phi) is 8.30. The lowest BCUT2D eigenvalue weighted by Crippen LogP contribution is -2.67. The van der Waals surface area contributed by atoms with Gasteiger partial charge in [0.05, 0.1) is 7.11 Å². The Morgan fingerprint density at radius 1 is 1.07 bits per heavy atom. The van der Waals surface area contributed by atoms with Crippen LogP contribution in [0.2, 0.25) is 0 Å². The van der Waals surface area contributed by atoms with E-state index in [0.29, 0.717) is 10.2 Å². The predicted molar refractivity (Wildman–Crippen MR) is 105 cm³/mol. The summed E-state index contributed by atoms with van der Waals surface area (Å²) in [5, 5.41) is 2.56. The molecular formula is C18H22INO8. The molecule has 1 N–H and O–H groups in total. The molecule has 0 radical (unpaired) electrons. The van der Waals surface area contributed by atoms with Crippen LogP contribution in [-0.4, -0.2) is 60.2 Å². The summed E-state index contributed by atoms with van der Waals surface area (Å²) in [4.78, 5) is 35.2. The lowest BCUT2D eigenvalue weighted by atomic mass is 9.97. The molecule has 154 valence electrons. The van der Waals surface area contributed by atoms with Crippen LogP contribution in [0, 0.1) is 0 Å². The average Bonchev–Trinajstić information content (AvgIpc) is 2.66. The lowest BCUT2D eigenvalue weighted by Gasteiger charge is -2.44. The molecule has 1 heterocycles. The zero-order valence-electron chi connectivity index (χ0n) is 15.6. The van der Waals surface area contributed by atoms with Gasteiger partial charge in [0.15, 0.2) is 12.2 Å². The van der Waals surface area contributed by atoms with Crippen LogP contribution in [0.25, 0.3) is 0 Å². The number of nitrogens with one attached hydrogen (secondary N) is 1. The third-order valence-corrected chi connectivity index (χ3v) is 4.74. The maximum Gasteiger partial charge on any atom is 0.407 e. The van der Waals surface area contributed by atoms with Crippen molar-refractivity contribution in [1.29, 1.82) is 0 Å². The molecule has 1 saturated heterocycles. The van der Waals surface area contributed by atoms with Gasteiger partial charge >= 0.3 is 18.0 Å². The summed E-state index contributed by atoms with van der Waals surface area (Å²) in [7, 11) is 1.20. The van der Waals surface area contributed by atoms with Gasteiger partial charge in [0, 0.05) is 18.3 Å². The van der Waals surface area contributed by atoms with Crippen LogP contribution < -0.4 is 10.1 Å². The fraction of sp³-hybridized carbons (Fsp3) is 0.500. The SMILES string of the molecule is COC(=O)N[C@H]1[C@@H](Oc2ccccc2)O[C@H](CI)[C@@H](OC(C)=O)[C@@H]1OC(C)=O. The number of para-hydroxylation sites is 1. The van der Waals surface area contributed by atoms with E-state index in [9.17, 15) is 14.4 Å². The Bertz CT molecular complexity index is 685. The number of hydrogen-bond donors (Lipinski definition) is 1. The second-order valence-corrected chi connectivity index (χ2v) is 6.82. The van der Waals surface area contributed by atoms with E-state index in [-0.39, 0.29) is 0 Å². The van der Waals surface area contributed by atoms with Gasteiger partial charge in [0.1, 0.15) is 17.9 Å². The minimum absolute atomic E-state index is 0.424. The first-order valence-corrected chi connectivity index (χ1v) is 10.00. The molecule has 1 aromatic carbocycles. The van der Waals surface area contributed by atoms with E-state index in [1.807, 2.05) is 6.07 Å². The molecule has 1 amide bonds. The predicted octanol–water partition coefficient (Wildman–Crippen LogP) is 1.81. The van der Waals surface area contributed by atoms with Gasteiger partial charge in [-0.3, -0.25) is 9.59 Å². The Labute approximate surface area is 176 Å². The third kappa shape index (κ3) is 5.96. The highest BCUT2D eigenvalue weighted by Gasteiger charge is 2.51. The van der Waals surface area contributed by atoms with Gasteiger partial charge in [-0.15, -0.1) is 0 Å². The molecule has 1 aliphatic rings. The summed E-state index contributed by atoms with van der Waals surface area (Å²) in [6, 6.07) is 7.84. The second kappa shape index (κ2) is 10.5. The molecular weight excluding hydrogens is 485 g/mol. The number of ether oxygens (including phenoxy) is 5. The molecule has 0 bridgehead atoms. The van der Waals surface area contributed by atoms with Crippen molar-refractivity contribution in [3.63, 3.8) is 0 Å². The molecule has 28 heavy (non-hydrogen) atoms. The smallest absolute Gasteiger partial charge is 0.407 e. The van der Waals surface area contributed by atoms with Crippen LogP contribution in [-0.2, 0) is 28.5 Å². The van der Waals surface area contributed by atoms with Gasteiger partial charge < -0.3 is 29.0 Å². The van der Waals surface area contributed by atoms with Crippen molar-refractivity contribution in [1.82, 2.24) is 5.32 Å². The highest BCUT2D eigenvalue weighted by Crippen LogP contribution is 2.29. The van der Waals surface area contributed by atoms with Gasteiger partial charge in [-0.05, 0) is 12.1 Å². The van der Waals surface area contributed by atoms with Crippen molar-refractivity contribution >= 4 is 40.6 Å². The molecule has 0 saturated carbocycles. The van der Waals surface area contributed by atoms with Gasteiger partial charge in [-0.25, -0.2) is 4.79 Å². The summed E-state index contributed by atoms with van der Waals surface area (Å²) in [6.45, 7) is 2.46. The number of esters is 2. The maximum absolute atomic E-state index is 11.9. The molecule has 1 fully saturated rings. The Morgan fingerprint density at radius 2 is 1.68 bits per heavy atom. The number of halogens is 1. The number of alkyl halides is 1. The number of carbonyl (C=O) groups is 3. The number of methoxy groups -OCH3 is 1. The summed E-state index contributed by atoms with van der Waals surface area (Å²) in [5.41, 5.74) is 0. The number of carbonyl (C=O) groups excluding carboxylic acids is 3. The van der Waals surface area contributed by atoms with E-state index in [4.69, 9.17) is 18.9 Å².